The van der Waals surface area contributed by atoms with Crippen LogP contribution in [-0.2, 0) is 7.05 Å². The second-order valence-corrected chi connectivity index (χ2v) is 4.99. The predicted octanol–water partition coefficient (Wildman–Crippen LogP) is 2.47. The molecule has 4 nitrogen and oxygen atoms in total. The van der Waals surface area contributed by atoms with Crippen LogP contribution in [0.3, 0.4) is 0 Å². The van der Waals surface area contributed by atoms with Crippen LogP contribution in [0.4, 0.5) is 0 Å². The second kappa shape index (κ2) is 7.02. The predicted molar refractivity (Wildman–Crippen MR) is 73.3 cm³/mol. The van der Waals surface area contributed by atoms with Gasteiger partial charge >= 0.3 is 0 Å². The zero-order chi connectivity index (χ0) is 13.7. The number of hydrogen-bond acceptors (Lipinski definition) is 2. The molecule has 1 atom stereocenters. The van der Waals surface area contributed by atoms with Crippen molar-refractivity contribution < 1.29 is 9.90 Å². The van der Waals surface area contributed by atoms with Gasteiger partial charge in [-0.25, -0.2) is 0 Å². The molecule has 0 radical (unpaired) electrons. The van der Waals surface area contributed by atoms with E-state index in [4.69, 9.17) is 28.3 Å². The molecule has 2 N–H and O–H groups in total. The third-order valence-electron chi connectivity index (χ3n) is 3.01. The Morgan fingerprint density at radius 1 is 1.56 bits per heavy atom. The Balaban J connectivity index is 2.62. The molecule has 1 rings (SSSR count). The van der Waals surface area contributed by atoms with Gasteiger partial charge in [0.25, 0.3) is 5.91 Å². The number of aromatic nitrogens is 1. The normalized spacial score (nSPS) is 12.5. The number of hydrogen-bond donors (Lipinski definition) is 2. The van der Waals surface area contributed by atoms with Crippen LogP contribution >= 0.6 is 23.2 Å². The third-order valence-corrected chi connectivity index (χ3v) is 3.86. The first-order valence-corrected chi connectivity index (χ1v) is 6.66. The molecular formula is C12H18Cl2N2O2. The zero-order valence-electron chi connectivity index (χ0n) is 10.5. The Morgan fingerprint density at radius 3 is 2.67 bits per heavy atom. The van der Waals surface area contributed by atoms with E-state index in [0.717, 1.165) is 6.42 Å². The van der Waals surface area contributed by atoms with E-state index < -0.39 is 0 Å². The molecule has 1 unspecified atom stereocenters. The fraction of sp³-hybridized carbons (Fsp3) is 0.583. The molecule has 0 saturated heterocycles. The van der Waals surface area contributed by atoms with Crippen molar-refractivity contribution in [3.05, 3.63) is 21.9 Å². The van der Waals surface area contributed by atoms with Gasteiger partial charge in [0, 0.05) is 20.2 Å². The molecular weight excluding hydrogens is 275 g/mol. The lowest BCUT2D eigenvalue weighted by molar-refractivity contribution is 0.0935. The van der Waals surface area contributed by atoms with E-state index in [1.165, 1.54) is 0 Å². The van der Waals surface area contributed by atoms with E-state index in [1.54, 1.807) is 17.7 Å². The summed E-state index contributed by atoms with van der Waals surface area (Å²) < 4.78 is 1.55. The molecule has 0 fully saturated rings. The Labute approximate surface area is 117 Å². The average Bonchev–Trinajstić information content (AvgIpc) is 2.62. The van der Waals surface area contributed by atoms with Gasteiger partial charge in [0.2, 0.25) is 0 Å². The largest absolute Gasteiger partial charge is 0.396 e. The van der Waals surface area contributed by atoms with Crippen LogP contribution in [0.15, 0.2) is 6.07 Å². The summed E-state index contributed by atoms with van der Waals surface area (Å²) in [4.78, 5) is 11.9. The lowest BCUT2D eigenvalue weighted by Crippen LogP contribution is -2.30. The van der Waals surface area contributed by atoms with Gasteiger partial charge in [0.1, 0.15) is 10.8 Å². The first kappa shape index (κ1) is 15.3. The van der Waals surface area contributed by atoms with Crippen molar-refractivity contribution in [3.63, 3.8) is 0 Å². The fourth-order valence-corrected chi connectivity index (χ4v) is 2.10. The van der Waals surface area contributed by atoms with Crippen molar-refractivity contribution in [2.75, 3.05) is 13.2 Å². The van der Waals surface area contributed by atoms with E-state index in [-0.39, 0.29) is 18.4 Å². The highest BCUT2D eigenvalue weighted by Gasteiger charge is 2.16. The molecule has 6 heteroatoms. The molecule has 1 aromatic heterocycles. The molecule has 0 aliphatic rings. The van der Waals surface area contributed by atoms with E-state index in [1.807, 2.05) is 6.92 Å². The van der Waals surface area contributed by atoms with Gasteiger partial charge in [-0.1, -0.05) is 36.5 Å². The molecule has 0 aliphatic carbocycles. The minimum absolute atomic E-state index is 0.135. The summed E-state index contributed by atoms with van der Waals surface area (Å²) in [6.45, 7) is 2.70. The number of halogens is 2. The Hall–Kier alpha value is -0.710. The number of aliphatic hydroxyl groups is 1. The van der Waals surface area contributed by atoms with E-state index in [2.05, 4.69) is 5.32 Å². The maximum atomic E-state index is 11.9. The fourth-order valence-electron chi connectivity index (χ4n) is 1.72. The SMILES string of the molecule is CCC(CCO)CNC(=O)c1cc(Cl)c(Cl)n1C. The maximum Gasteiger partial charge on any atom is 0.268 e. The quantitative estimate of drug-likeness (QED) is 0.846. The van der Waals surface area contributed by atoms with Crippen molar-refractivity contribution in [2.24, 2.45) is 13.0 Å². The van der Waals surface area contributed by atoms with Gasteiger partial charge in [0.05, 0.1) is 5.02 Å². The Bertz CT molecular complexity index is 418. The van der Waals surface area contributed by atoms with Gasteiger partial charge in [0.15, 0.2) is 0 Å². The van der Waals surface area contributed by atoms with E-state index >= 15 is 0 Å². The highest BCUT2D eigenvalue weighted by atomic mass is 35.5. The molecule has 0 bridgehead atoms. The molecule has 1 heterocycles. The van der Waals surface area contributed by atoms with Crippen LogP contribution in [0.25, 0.3) is 0 Å². The minimum Gasteiger partial charge on any atom is -0.396 e. The molecule has 1 amide bonds. The van der Waals surface area contributed by atoms with Crippen LogP contribution in [-0.4, -0.2) is 28.7 Å². The number of carbonyl (C=O) groups is 1. The van der Waals surface area contributed by atoms with Crippen LogP contribution in [0.2, 0.25) is 10.2 Å². The van der Waals surface area contributed by atoms with Gasteiger partial charge < -0.3 is 15.0 Å². The lowest BCUT2D eigenvalue weighted by atomic mass is 10.0. The summed E-state index contributed by atoms with van der Waals surface area (Å²) in [5.41, 5.74) is 0.434. The number of nitrogens with one attached hydrogen (secondary N) is 1. The van der Waals surface area contributed by atoms with Gasteiger partial charge in [-0.3, -0.25) is 4.79 Å². The van der Waals surface area contributed by atoms with Gasteiger partial charge in [-0.2, -0.15) is 0 Å². The summed E-state index contributed by atoms with van der Waals surface area (Å²) in [6.07, 6.45) is 1.60. The zero-order valence-corrected chi connectivity index (χ0v) is 12.1. The summed E-state index contributed by atoms with van der Waals surface area (Å²) >= 11 is 11.8. The topological polar surface area (TPSA) is 54.3 Å². The third kappa shape index (κ3) is 3.64. The average molecular weight is 293 g/mol. The van der Waals surface area contributed by atoms with Crippen molar-refractivity contribution in [1.29, 1.82) is 0 Å². The number of carbonyl (C=O) groups excluding carboxylic acids is 1. The van der Waals surface area contributed by atoms with Crippen LogP contribution < -0.4 is 5.32 Å². The minimum atomic E-state index is -0.206. The maximum absolute atomic E-state index is 11.9. The van der Waals surface area contributed by atoms with Crippen LogP contribution in [0, 0.1) is 5.92 Å². The molecule has 0 aromatic carbocycles. The smallest absolute Gasteiger partial charge is 0.268 e. The highest BCUT2D eigenvalue weighted by molar-refractivity contribution is 6.41. The summed E-state index contributed by atoms with van der Waals surface area (Å²) in [7, 11) is 1.69. The first-order valence-electron chi connectivity index (χ1n) is 5.91. The van der Waals surface area contributed by atoms with Gasteiger partial charge in [-0.15, -0.1) is 0 Å². The van der Waals surface area contributed by atoms with Crippen LogP contribution in [0.1, 0.15) is 30.3 Å². The highest BCUT2D eigenvalue weighted by Crippen LogP contribution is 2.25. The lowest BCUT2D eigenvalue weighted by Gasteiger charge is -2.14. The summed E-state index contributed by atoms with van der Waals surface area (Å²) in [5.74, 6) is 0.0767. The van der Waals surface area contributed by atoms with Crippen molar-refractivity contribution in [3.8, 4) is 0 Å². The standard InChI is InChI=1S/C12H18Cl2N2O2/c1-3-8(4-5-17)7-15-12(18)10-6-9(13)11(14)16(10)2/h6,8,17H,3-5,7H2,1-2H3,(H,15,18). The monoisotopic (exact) mass is 292 g/mol. The summed E-state index contributed by atoms with van der Waals surface area (Å²) in [6, 6.07) is 1.55. The Morgan fingerprint density at radius 2 is 2.22 bits per heavy atom. The van der Waals surface area contributed by atoms with Crippen molar-refractivity contribution in [1.82, 2.24) is 9.88 Å². The molecule has 1 aromatic rings. The molecule has 0 spiro atoms. The van der Waals surface area contributed by atoms with E-state index in [9.17, 15) is 4.79 Å². The van der Waals surface area contributed by atoms with Gasteiger partial charge in [-0.05, 0) is 18.4 Å². The van der Waals surface area contributed by atoms with Crippen molar-refractivity contribution >= 4 is 29.1 Å². The number of rotatable bonds is 6. The van der Waals surface area contributed by atoms with E-state index in [0.29, 0.717) is 28.8 Å². The van der Waals surface area contributed by atoms with Crippen LogP contribution in [0.5, 0.6) is 0 Å². The second-order valence-electron chi connectivity index (χ2n) is 4.22. The molecule has 0 aliphatic heterocycles. The number of aliphatic hydroxyl groups excluding tert-OH is 1. The summed E-state index contributed by atoms with van der Waals surface area (Å²) in [5, 5.41) is 12.4. The Kier molecular flexibility index (Phi) is 5.99. The molecule has 18 heavy (non-hydrogen) atoms. The first-order chi connectivity index (χ1) is 8.51. The van der Waals surface area contributed by atoms with Crippen molar-refractivity contribution in [2.45, 2.75) is 19.8 Å². The number of nitrogens with zero attached hydrogens (tertiary/aromatic N) is 1. The molecule has 102 valence electrons. The molecule has 0 saturated carbocycles. The number of amides is 1.